The van der Waals surface area contributed by atoms with Gasteiger partial charge in [-0.2, -0.15) is 5.10 Å². The third-order valence-corrected chi connectivity index (χ3v) is 6.92. The zero-order valence-electron chi connectivity index (χ0n) is 18.0. The van der Waals surface area contributed by atoms with Crippen molar-refractivity contribution in [1.82, 2.24) is 14.7 Å². The quantitative estimate of drug-likeness (QED) is 0.672. The second-order valence-corrected chi connectivity index (χ2v) is 9.24. The van der Waals surface area contributed by atoms with Gasteiger partial charge >= 0.3 is 0 Å². The first kappa shape index (κ1) is 19.8. The molecule has 1 aliphatic heterocycles. The number of para-hydroxylation sites is 1. The van der Waals surface area contributed by atoms with Crippen LogP contribution in [0.5, 0.6) is 5.75 Å². The molecule has 1 amide bonds. The highest BCUT2D eigenvalue weighted by molar-refractivity contribution is 5.97. The predicted molar refractivity (Wildman–Crippen MR) is 116 cm³/mol. The number of carbonyl (C=O) groups is 1. The second-order valence-electron chi connectivity index (χ2n) is 9.24. The molecule has 160 valence electrons. The minimum absolute atomic E-state index is 0.0148. The van der Waals surface area contributed by atoms with Gasteiger partial charge in [0.25, 0.3) is 5.91 Å². The summed E-state index contributed by atoms with van der Waals surface area (Å²) < 4.78 is 16.3. The molecule has 5 rings (SSSR count). The number of rotatable bonds is 3. The number of hydrogen-bond donors (Lipinski definition) is 1. The Morgan fingerprint density at radius 3 is 2.55 bits per heavy atom. The Bertz CT molecular complexity index is 1190. The molecular formula is C25H26FN3O2. The van der Waals surface area contributed by atoms with Crippen LogP contribution in [0.2, 0.25) is 0 Å². The monoisotopic (exact) mass is 419 g/mol. The topological polar surface area (TPSA) is 58.4 Å². The van der Waals surface area contributed by atoms with Crippen LogP contribution in [0.25, 0.3) is 5.69 Å². The lowest BCUT2D eigenvalue weighted by Gasteiger charge is -2.59. The van der Waals surface area contributed by atoms with E-state index in [1.54, 1.807) is 11.8 Å². The number of aromatic nitrogens is 2. The van der Waals surface area contributed by atoms with Gasteiger partial charge < -0.3 is 10.0 Å². The fourth-order valence-corrected chi connectivity index (χ4v) is 5.25. The van der Waals surface area contributed by atoms with E-state index < -0.39 is 5.82 Å². The first-order chi connectivity index (χ1) is 14.8. The van der Waals surface area contributed by atoms with E-state index in [4.69, 9.17) is 5.10 Å². The van der Waals surface area contributed by atoms with Crippen molar-refractivity contribution in [2.75, 3.05) is 13.1 Å². The SMILES string of the molecule is Cc1cc(C2CC3(C2)CN(C(=O)c2c(F)ccc(O)c2C)C3)n(-c2ccccc2C)n1. The maximum absolute atomic E-state index is 14.2. The number of nitrogens with zero attached hydrogens (tertiary/aromatic N) is 3. The number of likely N-dealkylation sites (tertiary alicyclic amines) is 1. The van der Waals surface area contributed by atoms with Crippen LogP contribution in [-0.2, 0) is 0 Å². The van der Waals surface area contributed by atoms with Crippen LogP contribution in [-0.4, -0.2) is 38.8 Å². The number of phenolic OH excluding ortho intramolecular Hbond substituents is 1. The molecule has 1 spiro atoms. The summed E-state index contributed by atoms with van der Waals surface area (Å²) >= 11 is 0. The van der Waals surface area contributed by atoms with Gasteiger partial charge in [0.1, 0.15) is 11.6 Å². The Morgan fingerprint density at radius 2 is 1.84 bits per heavy atom. The number of carbonyl (C=O) groups excluding carboxylic acids is 1. The maximum Gasteiger partial charge on any atom is 0.257 e. The number of aryl methyl sites for hydroxylation is 2. The van der Waals surface area contributed by atoms with Gasteiger partial charge in [0, 0.05) is 35.7 Å². The summed E-state index contributed by atoms with van der Waals surface area (Å²) in [7, 11) is 0. The third kappa shape index (κ3) is 3.12. The van der Waals surface area contributed by atoms with Crippen LogP contribution < -0.4 is 0 Å². The number of phenols is 1. The predicted octanol–water partition coefficient (Wildman–Crippen LogP) is 4.66. The van der Waals surface area contributed by atoms with Crippen LogP contribution in [0.3, 0.4) is 0 Å². The molecule has 31 heavy (non-hydrogen) atoms. The highest BCUT2D eigenvalue weighted by Gasteiger charge is 2.55. The van der Waals surface area contributed by atoms with Gasteiger partial charge in [-0.15, -0.1) is 0 Å². The third-order valence-electron chi connectivity index (χ3n) is 6.92. The lowest BCUT2D eigenvalue weighted by atomic mass is 9.56. The van der Waals surface area contributed by atoms with E-state index in [0.29, 0.717) is 24.6 Å². The van der Waals surface area contributed by atoms with Crippen LogP contribution in [0, 0.1) is 32.0 Å². The van der Waals surface area contributed by atoms with Crippen molar-refractivity contribution in [3.63, 3.8) is 0 Å². The molecule has 0 unspecified atom stereocenters. The summed E-state index contributed by atoms with van der Waals surface area (Å²) in [6.45, 7) is 6.96. The molecule has 0 radical (unpaired) electrons. The molecule has 0 bridgehead atoms. The average molecular weight is 420 g/mol. The molecule has 1 saturated carbocycles. The minimum Gasteiger partial charge on any atom is -0.508 e. The van der Waals surface area contributed by atoms with E-state index in [9.17, 15) is 14.3 Å². The number of aromatic hydroxyl groups is 1. The molecule has 3 aromatic rings. The van der Waals surface area contributed by atoms with Gasteiger partial charge in [0.15, 0.2) is 0 Å². The van der Waals surface area contributed by atoms with Crippen LogP contribution in [0.15, 0.2) is 42.5 Å². The van der Waals surface area contributed by atoms with Gasteiger partial charge in [-0.3, -0.25) is 4.79 Å². The molecule has 0 atom stereocenters. The number of halogens is 1. The van der Waals surface area contributed by atoms with E-state index in [-0.39, 0.29) is 22.6 Å². The van der Waals surface area contributed by atoms with Crippen molar-refractivity contribution in [2.45, 2.75) is 39.5 Å². The van der Waals surface area contributed by atoms with Gasteiger partial charge in [0.2, 0.25) is 0 Å². The number of benzene rings is 2. The summed E-state index contributed by atoms with van der Waals surface area (Å²) in [6, 6.07) is 12.9. The second kappa shape index (κ2) is 6.94. The summed E-state index contributed by atoms with van der Waals surface area (Å²) in [5.74, 6) is -0.563. The standard InChI is InChI=1S/C25H26FN3O2/c1-15-6-4-5-7-20(15)29-21(10-16(2)27-29)18-11-25(12-18)13-28(14-25)24(31)23-17(3)22(30)9-8-19(23)26/h4-10,18,30H,11-14H2,1-3H3. The number of hydrogen-bond acceptors (Lipinski definition) is 3. The van der Waals surface area contributed by atoms with E-state index in [2.05, 4.69) is 29.8 Å². The highest BCUT2D eigenvalue weighted by Crippen LogP contribution is 2.56. The van der Waals surface area contributed by atoms with Crippen molar-refractivity contribution in [2.24, 2.45) is 5.41 Å². The van der Waals surface area contributed by atoms with Crippen LogP contribution >= 0.6 is 0 Å². The molecule has 2 fully saturated rings. The van der Waals surface area contributed by atoms with Gasteiger partial charge in [-0.1, -0.05) is 18.2 Å². The smallest absolute Gasteiger partial charge is 0.257 e. The summed E-state index contributed by atoms with van der Waals surface area (Å²) in [5.41, 5.74) is 4.90. The maximum atomic E-state index is 14.2. The molecule has 5 nitrogen and oxygen atoms in total. The van der Waals surface area contributed by atoms with Crippen molar-refractivity contribution in [3.8, 4) is 11.4 Å². The zero-order chi connectivity index (χ0) is 21.9. The van der Waals surface area contributed by atoms with E-state index in [0.717, 1.165) is 30.3 Å². The molecule has 6 heteroatoms. The molecule has 2 aliphatic rings. The van der Waals surface area contributed by atoms with Crippen LogP contribution in [0.1, 0.15) is 51.6 Å². The average Bonchev–Trinajstić information content (AvgIpc) is 3.04. The summed E-state index contributed by atoms with van der Waals surface area (Å²) in [5, 5.41) is 14.6. The summed E-state index contributed by atoms with van der Waals surface area (Å²) in [6.07, 6.45) is 1.99. The first-order valence-electron chi connectivity index (χ1n) is 10.7. The largest absolute Gasteiger partial charge is 0.508 e. The molecule has 1 N–H and O–H groups in total. The number of amides is 1. The lowest BCUT2D eigenvalue weighted by Crippen LogP contribution is -2.63. The van der Waals surface area contributed by atoms with Gasteiger partial charge in [0.05, 0.1) is 16.9 Å². The highest BCUT2D eigenvalue weighted by atomic mass is 19.1. The Hall–Kier alpha value is -3.15. The van der Waals surface area contributed by atoms with Crippen LogP contribution in [0.4, 0.5) is 4.39 Å². The van der Waals surface area contributed by atoms with E-state index in [1.165, 1.54) is 17.3 Å². The normalized spacial score (nSPS) is 17.5. The lowest BCUT2D eigenvalue weighted by molar-refractivity contribution is -0.0567. The Labute approximate surface area is 181 Å². The molecule has 1 saturated heterocycles. The van der Waals surface area contributed by atoms with E-state index in [1.807, 2.05) is 19.1 Å². The fourth-order valence-electron chi connectivity index (χ4n) is 5.25. The first-order valence-corrected chi connectivity index (χ1v) is 10.7. The molecule has 1 aliphatic carbocycles. The van der Waals surface area contributed by atoms with Gasteiger partial charge in [-0.25, -0.2) is 9.07 Å². The summed E-state index contributed by atoms with van der Waals surface area (Å²) in [4.78, 5) is 14.5. The van der Waals surface area contributed by atoms with E-state index >= 15 is 0 Å². The fraction of sp³-hybridized carbons (Fsp3) is 0.360. The molecular weight excluding hydrogens is 393 g/mol. The molecule has 1 aromatic heterocycles. The van der Waals surface area contributed by atoms with Crippen molar-refractivity contribution in [3.05, 3.63) is 76.4 Å². The van der Waals surface area contributed by atoms with Crippen molar-refractivity contribution in [1.29, 1.82) is 0 Å². The molecule has 2 aromatic carbocycles. The molecule has 2 heterocycles. The Kier molecular flexibility index (Phi) is 4.43. The van der Waals surface area contributed by atoms with Crippen molar-refractivity contribution >= 4 is 5.91 Å². The zero-order valence-corrected chi connectivity index (χ0v) is 18.0. The Morgan fingerprint density at radius 1 is 1.13 bits per heavy atom. The minimum atomic E-state index is -0.578. The Balaban J connectivity index is 1.30. The van der Waals surface area contributed by atoms with Crippen molar-refractivity contribution < 1.29 is 14.3 Å². The van der Waals surface area contributed by atoms with Gasteiger partial charge in [-0.05, 0) is 63.4 Å².